The topological polar surface area (TPSA) is 77.9 Å². The maximum Gasteiger partial charge on any atom is 0.338 e. The molecule has 9 heteroatoms. The summed E-state index contributed by atoms with van der Waals surface area (Å²) in [4.78, 5) is 26.7. The molecule has 0 fully saturated rings. The Morgan fingerprint density at radius 3 is 2.27 bits per heavy atom. The fraction of sp³-hybridized carbons (Fsp3) is 0.118. The van der Waals surface area contributed by atoms with E-state index >= 15 is 0 Å². The highest BCUT2D eigenvalue weighted by Crippen LogP contribution is 2.19. The van der Waals surface area contributed by atoms with Gasteiger partial charge < -0.3 is 4.74 Å². The van der Waals surface area contributed by atoms with Crippen LogP contribution >= 0.6 is 34.8 Å². The predicted octanol–water partition coefficient (Wildman–Crippen LogP) is 4.76. The predicted molar refractivity (Wildman–Crippen MR) is 100 cm³/mol. The van der Waals surface area contributed by atoms with Crippen LogP contribution in [-0.4, -0.2) is 32.5 Å². The summed E-state index contributed by atoms with van der Waals surface area (Å²) in [6, 6.07) is 10.3. The summed E-state index contributed by atoms with van der Waals surface area (Å²) in [5, 5.41) is 0.719. The number of benzene rings is 1. The van der Waals surface area contributed by atoms with E-state index in [9.17, 15) is 4.79 Å². The summed E-state index contributed by atoms with van der Waals surface area (Å²) in [7, 11) is 0. The Balaban J connectivity index is 0.000000254. The van der Waals surface area contributed by atoms with Gasteiger partial charge in [-0.05, 0) is 54.4 Å². The molecule has 6 nitrogen and oxygen atoms in total. The number of ether oxygens (including phenoxy) is 1. The third-order valence-corrected chi connectivity index (χ3v) is 3.46. The van der Waals surface area contributed by atoms with Gasteiger partial charge in [0.1, 0.15) is 5.15 Å². The normalized spacial score (nSPS) is 9.85. The van der Waals surface area contributed by atoms with E-state index in [0.717, 1.165) is 5.56 Å². The molecule has 1 aromatic carbocycles. The molecule has 0 radical (unpaired) electrons. The highest BCUT2D eigenvalue weighted by molar-refractivity contribution is 6.31. The maximum atomic E-state index is 11.6. The Hall–Kier alpha value is -2.28. The SMILES string of the molecule is CCOC(=O)c1cccc(-c2ccnc(Cl)n2)c1.Clc1ccnc(Cl)n1. The molecule has 0 bridgehead atoms. The van der Waals surface area contributed by atoms with Crippen molar-refractivity contribution in [2.45, 2.75) is 6.92 Å². The first-order valence-corrected chi connectivity index (χ1v) is 8.53. The van der Waals surface area contributed by atoms with E-state index in [1.165, 1.54) is 6.20 Å². The first kappa shape index (κ1) is 20.0. The number of hydrogen-bond donors (Lipinski definition) is 0. The van der Waals surface area contributed by atoms with Gasteiger partial charge in [0.15, 0.2) is 0 Å². The zero-order valence-corrected chi connectivity index (χ0v) is 15.8. The van der Waals surface area contributed by atoms with Crippen LogP contribution in [0.5, 0.6) is 0 Å². The summed E-state index contributed by atoms with van der Waals surface area (Å²) in [6.07, 6.45) is 3.07. The number of nitrogens with zero attached hydrogens (tertiary/aromatic N) is 4. The minimum Gasteiger partial charge on any atom is -0.462 e. The molecule has 3 rings (SSSR count). The van der Waals surface area contributed by atoms with Crippen LogP contribution in [0.2, 0.25) is 15.7 Å². The van der Waals surface area contributed by atoms with Crippen LogP contribution in [-0.2, 0) is 4.74 Å². The summed E-state index contributed by atoms with van der Waals surface area (Å²) in [5.74, 6) is -0.348. The van der Waals surface area contributed by atoms with Crippen molar-refractivity contribution in [2.75, 3.05) is 6.61 Å². The maximum absolute atomic E-state index is 11.6. The fourth-order valence-electron chi connectivity index (χ4n) is 1.83. The Morgan fingerprint density at radius 2 is 1.69 bits per heavy atom. The molecule has 2 aromatic heterocycles. The number of carbonyl (C=O) groups is 1. The number of carbonyl (C=O) groups excluding carboxylic acids is 1. The van der Waals surface area contributed by atoms with Crippen molar-refractivity contribution >= 4 is 40.8 Å². The minimum absolute atomic E-state index is 0.175. The molecule has 2 heterocycles. The number of aromatic nitrogens is 4. The molecule has 0 unspecified atom stereocenters. The van der Waals surface area contributed by atoms with E-state index in [2.05, 4.69) is 19.9 Å². The van der Waals surface area contributed by atoms with Crippen molar-refractivity contribution in [2.24, 2.45) is 0 Å². The van der Waals surface area contributed by atoms with Gasteiger partial charge in [0, 0.05) is 18.0 Å². The molecule has 0 aliphatic carbocycles. The molecule has 0 spiro atoms. The van der Waals surface area contributed by atoms with Crippen LogP contribution in [0.3, 0.4) is 0 Å². The molecule has 0 saturated carbocycles. The van der Waals surface area contributed by atoms with E-state index in [-0.39, 0.29) is 16.5 Å². The largest absolute Gasteiger partial charge is 0.462 e. The molecule has 134 valence electrons. The second-order valence-electron chi connectivity index (χ2n) is 4.66. The van der Waals surface area contributed by atoms with Crippen molar-refractivity contribution in [1.82, 2.24) is 19.9 Å². The highest BCUT2D eigenvalue weighted by atomic mass is 35.5. The molecular weight excluding hydrogens is 399 g/mol. The summed E-state index contributed by atoms with van der Waals surface area (Å²) in [5.41, 5.74) is 1.95. The summed E-state index contributed by atoms with van der Waals surface area (Å²) >= 11 is 16.5. The molecule has 0 atom stereocenters. The number of hydrogen-bond acceptors (Lipinski definition) is 6. The standard InChI is InChI=1S/C13H11ClN2O2.C4H2Cl2N2/c1-2-18-12(17)10-5-3-4-9(8-10)11-6-7-15-13(14)16-11;5-3-1-2-7-4(6)8-3/h3-8H,2H2,1H3;1-2H. The molecular formula is C17H13Cl3N4O2. The van der Waals surface area contributed by atoms with E-state index < -0.39 is 0 Å². The van der Waals surface area contributed by atoms with E-state index in [0.29, 0.717) is 23.0 Å². The van der Waals surface area contributed by atoms with Gasteiger partial charge in [0.05, 0.1) is 17.9 Å². The first-order valence-electron chi connectivity index (χ1n) is 7.39. The Bertz CT molecular complexity index is 876. The van der Waals surface area contributed by atoms with Gasteiger partial charge in [0.25, 0.3) is 0 Å². The minimum atomic E-state index is -0.348. The Labute approximate surface area is 165 Å². The number of rotatable bonds is 3. The van der Waals surface area contributed by atoms with Gasteiger partial charge in [-0.25, -0.2) is 24.7 Å². The van der Waals surface area contributed by atoms with Gasteiger partial charge in [-0.2, -0.15) is 0 Å². The van der Waals surface area contributed by atoms with Crippen molar-refractivity contribution in [1.29, 1.82) is 0 Å². The summed E-state index contributed by atoms with van der Waals surface area (Å²) < 4.78 is 4.94. The second-order valence-corrected chi connectivity index (χ2v) is 5.72. The Kier molecular flexibility index (Phi) is 7.72. The smallest absolute Gasteiger partial charge is 0.338 e. The molecule has 26 heavy (non-hydrogen) atoms. The van der Waals surface area contributed by atoms with Crippen molar-refractivity contribution in [3.05, 3.63) is 70.1 Å². The van der Waals surface area contributed by atoms with E-state index in [1.807, 2.05) is 6.07 Å². The third kappa shape index (κ3) is 6.22. The lowest BCUT2D eigenvalue weighted by atomic mass is 10.1. The van der Waals surface area contributed by atoms with Crippen LogP contribution < -0.4 is 0 Å². The zero-order valence-electron chi connectivity index (χ0n) is 13.6. The lowest BCUT2D eigenvalue weighted by molar-refractivity contribution is 0.0526. The average molecular weight is 412 g/mol. The number of esters is 1. The first-order chi connectivity index (χ1) is 12.5. The van der Waals surface area contributed by atoms with Gasteiger partial charge in [-0.15, -0.1) is 0 Å². The quantitative estimate of drug-likeness (QED) is 0.351. The van der Waals surface area contributed by atoms with Crippen LogP contribution in [0.25, 0.3) is 11.3 Å². The molecule has 0 amide bonds. The lowest BCUT2D eigenvalue weighted by Crippen LogP contribution is -2.04. The van der Waals surface area contributed by atoms with Crippen molar-refractivity contribution in [3.8, 4) is 11.3 Å². The molecule has 0 aliphatic rings. The average Bonchev–Trinajstić information content (AvgIpc) is 2.62. The van der Waals surface area contributed by atoms with Gasteiger partial charge in [-0.3, -0.25) is 0 Å². The van der Waals surface area contributed by atoms with Gasteiger partial charge in [0.2, 0.25) is 10.6 Å². The van der Waals surface area contributed by atoms with Crippen molar-refractivity contribution in [3.63, 3.8) is 0 Å². The van der Waals surface area contributed by atoms with Crippen LogP contribution in [0.1, 0.15) is 17.3 Å². The van der Waals surface area contributed by atoms with Gasteiger partial charge >= 0.3 is 5.97 Å². The molecule has 0 aliphatic heterocycles. The molecule has 0 N–H and O–H groups in total. The van der Waals surface area contributed by atoms with E-state index in [4.69, 9.17) is 39.5 Å². The molecule has 0 saturated heterocycles. The summed E-state index contributed by atoms with van der Waals surface area (Å²) in [6.45, 7) is 2.12. The monoisotopic (exact) mass is 410 g/mol. The molecule has 3 aromatic rings. The third-order valence-electron chi connectivity index (χ3n) is 2.89. The fourth-order valence-corrected chi connectivity index (χ4v) is 2.30. The van der Waals surface area contributed by atoms with Crippen LogP contribution in [0.15, 0.2) is 48.8 Å². The van der Waals surface area contributed by atoms with E-state index in [1.54, 1.807) is 43.5 Å². The van der Waals surface area contributed by atoms with Crippen molar-refractivity contribution < 1.29 is 9.53 Å². The van der Waals surface area contributed by atoms with Gasteiger partial charge in [-0.1, -0.05) is 23.7 Å². The lowest BCUT2D eigenvalue weighted by Gasteiger charge is -2.04. The van der Waals surface area contributed by atoms with Crippen LogP contribution in [0, 0.1) is 0 Å². The highest BCUT2D eigenvalue weighted by Gasteiger charge is 2.08. The Morgan fingerprint density at radius 1 is 1.00 bits per heavy atom. The zero-order chi connectivity index (χ0) is 18.9. The van der Waals surface area contributed by atoms with Crippen LogP contribution in [0.4, 0.5) is 0 Å². The second kappa shape index (κ2) is 10.0. The number of halogens is 3.